The molecular formula is C17H24BrN3O. The van der Waals surface area contributed by atoms with Gasteiger partial charge in [-0.3, -0.25) is 9.69 Å². The van der Waals surface area contributed by atoms with E-state index in [9.17, 15) is 4.79 Å². The third kappa shape index (κ3) is 3.89. The van der Waals surface area contributed by atoms with Gasteiger partial charge >= 0.3 is 0 Å². The lowest BCUT2D eigenvalue weighted by Crippen LogP contribution is -2.47. The Balaban J connectivity index is 1.56. The molecule has 22 heavy (non-hydrogen) atoms. The second-order valence-corrected chi connectivity index (χ2v) is 7.05. The second-order valence-electron chi connectivity index (χ2n) is 6.13. The summed E-state index contributed by atoms with van der Waals surface area (Å²) in [6, 6.07) is 9.04. The maximum absolute atomic E-state index is 12.3. The molecule has 0 radical (unpaired) electrons. The fourth-order valence-electron chi connectivity index (χ4n) is 3.50. The van der Waals surface area contributed by atoms with E-state index in [0.29, 0.717) is 18.4 Å². The Bertz CT molecular complexity index is 516. The number of rotatable bonds is 4. The van der Waals surface area contributed by atoms with Crippen LogP contribution in [-0.4, -0.2) is 55.0 Å². The highest BCUT2D eigenvalue weighted by molar-refractivity contribution is 9.10. The zero-order valence-corrected chi connectivity index (χ0v) is 14.5. The van der Waals surface area contributed by atoms with E-state index in [1.165, 1.54) is 18.4 Å². The molecular weight excluding hydrogens is 342 g/mol. The van der Waals surface area contributed by atoms with Gasteiger partial charge in [-0.05, 0) is 37.1 Å². The lowest BCUT2D eigenvalue weighted by Gasteiger charge is -2.29. The van der Waals surface area contributed by atoms with Crippen LogP contribution in [0.25, 0.3) is 0 Å². The minimum atomic E-state index is 0.307. The number of halogens is 1. The second kappa shape index (κ2) is 7.57. The molecule has 1 N–H and O–H groups in total. The van der Waals surface area contributed by atoms with Gasteiger partial charge in [0.1, 0.15) is 0 Å². The summed E-state index contributed by atoms with van der Waals surface area (Å²) in [5.41, 5.74) is 1.36. The summed E-state index contributed by atoms with van der Waals surface area (Å²) in [5, 5.41) is 3.29. The molecule has 1 aromatic carbocycles. The van der Waals surface area contributed by atoms with Crippen LogP contribution < -0.4 is 5.32 Å². The van der Waals surface area contributed by atoms with E-state index in [1.54, 1.807) is 0 Å². The number of likely N-dealkylation sites (tertiary alicyclic amines) is 1. The molecule has 2 aliphatic heterocycles. The summed E-state index contributed by atoms with van der Waals surface area (Å²) in [6.45, 7) is 5.54. The summed E-state index contributed by atoms with van der Waals surface area (Å²) >= 11 is 3.56. The fraction of sp³-hybridized carbons (Fsp3) is 0.588. The lowest BCUT2D eigenvalue weighted by atomic mass is 10.0. The van der Waals surface area contributed by atoms with Crippen LogP contribution in [0.5, 0.6) is 0 Å². The molecule has 0 saturated carbocycles. The van der Waals surface area contributed by atoms with Gasteiger partial charge < -0.3 is 10.2 Å². The van der Waals surface area contributed by atoms with E-state index < -0.39 is 0 Å². The Morgan fingerprint density at radius 2 is 2.09 bits per heavy atom. The quantitative estimate of drug-likeness (QED) is 0.889. The van der Waals surface area contributed by atoms with E-state index in [2.05, 4.69) is 50.4 Å². The first-order valence-electron chi connectivity index (χ1n) is 8.22. The molecule has 4 nitrogen and oxygen atoms in total. The summed E-state index contributed by atoms with van der Waals surface area (Å²) in [5.74, 6) is 0.307. The third-order valence-electron chi connectivity index (χ3n) is 4.68. The van der Waals surface area contributed by atoms with Crippen LogP contribution in [0, 0.1) is 0 Å². The van der Waals surface area contributed by atoms with Crippen molar-refractivity contribution in [2.24, 2.45) is 0 Å². The summed E-state index contributed by atoms with van der Waals surface area (Å²) in [6.07, 6.45) is 3.06. The molecule has 1 unspecified atom stereocenters. The highest BCUT2D eigenvalue weighted by Gasteiger charge is 2.27. The van der Waals surface area contributed by atoms with Gasteiger partial charge in [-0.25, -0.2) is 0 Å². The highest BCUT2D eigenvalue weighted by atomic mass is 79.9. The highest BCUT2D eigenvalue weighted by Crippen LogP contribution is 2.33. The Kier molecular flexibility index (Phi) is 5.50. The van der Waals surface area contributed by atoms with Gasteiger partial charge in [0.05, 0.1) is 0 Å². The molecule has 3 rings (SSSR count). The summed E-state index contributed by atoms with van der Waals surface area (Å²) in [7, 11) is 0. The SMILES string of the molecule is O=C(CCN1CCCC1c1cccc(Br)c1)N1CCNCC1. The molecule has 2 fully saturated rings. The number of carbonyl (C=O) groups is 1. The van der Waals surface area contributed by atoms with Crippen LogP contribution in [0.15, 0.2) is 28.7 Å². The molecule has 2 aliphatic rings. The van der Waals surface area contributed by atoms with Crippen molar-refractivity contribution in [1.29, 1.82) is 0 Å². The van der Waals surface area contributed by atoms with Crippen LogP contribution in [0.3, 0.4) is 0 Å². The Labute approximate surface area is 141 Å². The largest absolute Gasteiger partial charge is 0.340 e. The number of carbonyl (C=O) groups excluding carboxylic acids is 1. The number of piperazine rings is 1. The molecule has 0 spiro atoms. The lowest BCUT2D eigenvalue weighted by molar-refractivity contribution is -0.132. The van der Waals surface area contributed by atoms with Crippen molar-refractivity contribution in [3.05, 3.63) is 34.3 Å². The first kappa shape index (κ1) is 16.0. The maximum atomic E-state index is 12.3. The maximum Gasteiger partial charge on any atom is 0.223 e. The van der Waals surface area contributed by atoms with Crippen molar-refractivity contribution in [2.45, 2.75) is 25.3 Å². The van der Waals surface area contributed by atoms with Crippen molar-refractivity contribution in [1.82, 2.24) is 15.1 Å². The van der Waals surface area contributed by atoms with E-state index >= 15 is 0 Å². The minimum Gasteiger partial charge on any atom is -0.340 e. The summed E-state index contributed by atoms with van der Waals surface area (Å²) in [4.78, 5) is 16.8. The van der Waals surface area contributed by atoms with E-state index in [4.69, 9.17) is 0 Å². The van der Waals surface area contributed by atoms with E-state index in [0.717, 1.165) is 43.7 Å². The number of nitrogens with one attached hydrogen (secondary N) is 1. The van der Waals surface area contributed by atoms with Crippen LogP contribution in [0.2, 0.25) is 0 Å². The monoisotopic (exact) mass is 365 g/mol. The average Bonchev–Trinajstić information content (AvgIpc) is 3.02. The predicted octanol–water partition coefficient (Wildman–Crippen LogP) is 2.41. The van der Waals surface area contributed by atoms with Gasteiger partial charge in [-0.1, -0.05) is 28.1 Å². The predicted molar refractivity (Wildman–Crippen MR) is 91.8 cm³/mol. The smallest absolute Gasteiger partial charge is 0.223 e. The van der Waals surface area contributed by atoms with Crippen molar-refractivity contribution in [2.75, 3.05) is 39.3 Å². The molecule has 0 aliphatic carbocycles. The standard InChI is InChI=1S/C17H24BrN3O/c18-15-4-1-3-14(13-15)16-5-2-9-20(16)10-6-17(22)21-11-7-19-8-12-21/h1,3-4,13,16,19H,2,5-12H2. The first-order chi connectivity index (χ1) is 10.7. The molecule has 2 heterocycles. The number of amides is 1. The van der Waals surface area contributed by atoms with E-state index in [1.807, 2.05) is 4.90 Å². The van der Waals surface area contributed by atoms with Crippen LogP contribution in [-0.2, 0) is 4.79 Å². The topological polar surface area (TPSA) is 35.6 Å². The van der Waals surface area contributed by atoms with Gasteiger partial charge in [-0.2, -0.15) is 0 Å². The van der Waals surface area contributed by atoms with Gasteiger partial charge in [0.15, 0.2) is 0 Å². The first-order valence-corrected chi connectivity index (χ1v) is 9.01. The number of benzene rings is 1. The summed E-state index contributed by atoms with van der Waals surface area (Å²) < 4.78 is 1.13. The molecule has 1 aromatic rings. The van der Waals surface area contributed by atoms with E-state index in [-0.39, 0.29) is 0 Å². The van der Waals surface area contributed by atoms with Gasteiger partial charge in [0.2, 0.25) is 5.91 Å². The molecule has 5 heteroatoms. The fourth-order valence-corrected chi connectivity index (χ4v) is 3.91. The molecule has 1 amide bonds. The number of hydrogen-bond acceptors (Lipinski definition) is 3. The molecule has 0 bridgehead atoms. The molecule has 120 valence electrons. The van der Waals surface area contributed by atoms with Crippen molar-refractivity contribution in [3.63, 3.8) is 0 Å². The molecule has 2 saturated heterocycles. The van der Waals surface area contributed by atoms with Crippen LogP contribution in [0.1, 0.15) is 30.9 Å². The molecule has 1 atom stereocenters. The third-order valence-corrected chi connectivity index (χ3v) is 5.17. The van der Waals surface area contributed by atoms with Crippen LogP contribution >= 0.6 is 15.9 Å². The molecule has 0 aromatic heterocycles. The normalized spacial score (nSPS) is 23.0. The number of nitrogens with zero attached hydrogens (tertiary/aromatic N) is 2. The van der Waals surface area contributed by atoms with Crippen molar-refractivity contribution in [3.8, 4) is 0 Å². The zero-order chi connectivity index (χ0) is 15.4. The Morgan fingerprint density at radius 1 is 1.27 bits per heavy atom. The minimum absolute atomic E-state index is 0.307. The van der Waals surface area contributed by atoms with Gasteiger partial charge in [0.25, 0.3) is 0 Å². The van der Waals surface area contributed by atoms with Gasteiger partial charge in [-0.15, -0.1) is 0 Å². The van der Waals surface area contributed by atoms with Gasteiger partial charge in [0, 0.05) is 49.7 Å². The van der Waals surface area contributed by atoms with Crippen molar-refractivity contribution >= 4 is 21.8 Å². The zero-order valence-electron chi connectivity index (χ0n) is 12.9. The number of hydrogen-bond donors (Lipinski definition) is 1. The Hall–Kier alpha value is -0.910. The Morgan fingerprint density at radius 3 is 2.86 bits per heavy atom. The van der Waals surface area contributed by atoms with Crippen molar-refractivity contribution < 1.29 is 4.79 Å². The van der Waals surface area contributed by atoms with Crippen LogP contribution in [0.4, 0.5) is 0 Å². The average molecular weight is 366 g/mol.